The first kappa shape index (κ1) is 46.9. The summed E-state index contributed by atoms with van der Waals surface area (Å²) in [6.07, 6.45) is 2.93. The van der Waals surface area contributed by atoms with Gasteiger partial charge >= 0.3 is 0 Å². The van der Waals surface area contributed by atoms with E-state index in [1.54, 1.807) is 18.2 Å². The molecule has 8 nitrogen and oxygen atoms in total. The third-order valence-electron chi connectivity index (χ3n) is 13.7. The number of aromatic nitrogens is 2. The largest absolute Gasteiger partial charge is 0.438 e. The summed E-state index contributed by atoms with van der Waals surface area (Å²) < 4.78 is 61.0. The number of anilines is 11. The molecule has 0 saturated heterocycles. The van der Waals surface area contributed by atoms with Gasteiger partial charge in [0.2, 0.25) is 11.4 Å². The van der Waals surface area contributed by atoms with Crippen LogP contribution in [0.2, 0.25) is 15.1 Å². The molecule has 0 saturated carbocycles. The third kappa shape index (κ3) is 11.2. The van der Waals surface area contributed by atoms with Crippen molar-refractivity contribution in [2.75, 3.05) is 20.0 Å². The van der Waals surface area contributed by atoms with E-state index in [1.165, 1.54) is 18.5 Å². The molecule has 0 unspecified atom stereocenters. The van der Waals surface area contributed by atoms with E-state index in [0.717, 1.165) is 45.5 Å². The van der Waals surface area contributed by atoms with Crippen molar-refractivity contribution in [3.63, 3.8) is 0 Å². The van der Waals surface area contributed by atoms with Gasteiger partial charge in [0.15, 0.2) is 0 Å². The quantitative estimate of drug-likeness (QED) is 0.137. The lowest BCUT2D eigenvalue weighted by molar-refractivity contribution is 0.653. The lowest BCUT2D eigenvalue weighted by Crippen LogP contribution is -2.14. The van der Waals surface area contributed by atoms with Crippen LogP contribution in [0.15, 0.2) is 288 Å². The highest BCUT2D eigenvalue weighted by molar-refractivity contribution is 6.44. The van der Waals surface area contributed by atoms with Gasteiger partial charge in [-0.3, -0.25) is 0 Å². The molecule has 14 aromatic rings. The Kier molecular flexibility index (Phi) is 13.8. The Morgan fingerprint density at radius 3 is 1.08 bits per heavy atom. The molecule has 10 aromatic carbocycles. The average Bonchev–Trinajstić information content (AvgIpc) is 1.99. The van der Waals surface area contributed by atoms with Crippen molar-refractivity contribution in [2.24, 2.45) is 0 Å². The number of nitrogens with zero attached hydrogens (tertiary/aromatic N) is 5. The van der Waals surface area contributed by atoms with Gasteiger partial charge in [-0.05, 0) is 158 Å². The second-order valence-corrected chi connectivity index (χ2v) is 20.1. The van der Waals surface area contributed by atoms with Crippen LogP contribution >= 0.6 is 34.8 Å². The molecule has 0 amide bonds. The van der Waals surface area contributed by atoms with Gasteiger partial charge in [-0.25, -0.2) is 9.97 Å². The first-order valence-corrected chi connectivity index (χ1v) is 27.7. The van der Waals surface area contributed by atoms with Crippen molar-refractivity contribution in [1.82, 2.24) is 9.97 Å². The summed E-state index contributed by atoms with van der Waals surface area (Å²) in [6, 6.07) is 85.6. The van der Waals surface area contributed by atoms with E-state index in [0.29, 0.717) is 64.8 Å². The van der Waals surface area contributed by atoms with Gasteiger partial charge in [0.05, 0.1) is 65.0 Å². The van der Waals surface area contributed by atoms with Crippen molar-refractivity contribution in [3.8, 4) is 0 Å². The molecule has 0 fully saturated rings. The van der Waals surface area contributed by atoms with Crippen LogP contribution in [0.4, 0.5) is 62.6 Å². The summed E-state index contributed by atoms with van der Waals surface area (Å²) in [7, 11) is 0. The Balaban J connectivity index is 0.000000148. The maximum absolute atomic E-state index is 8.27. The molecule has 0 atom stereocenters. The number of nitrogens with one attached hydrogen (secondary N) is 1. The van der Waals surface area contributed by atoms with E-state index in [9.17, 15) is 0 Å². The van der Waals surface area contributed by atoms with Crippen LogP contribution < -0.4 is 20.0 Å². The maximum atomic E-state index is 8.27. The van der Waals surface area contributed by atoms with Crippen molar-refractivity contribution in [1.29, 1.82) is 0 Å². The Bertz CT molecular complexity index is 4660. The van der Waals surface area contributed by atoms with Crippen molar-refractivity contribution in [2.45, 2.75) is 13.7 Å². The number of aryl methyl sites for hydroxylation is 2. The Labute approximate surface area is 505 Å². The predicted octanol–water partition coefficient (Wildman–Crippen LogP) is 22.4. The standard InChI is InChI=1S/C36H26ClN3O.C24H16Cl2N2O.C12H11N/c1-25-23-24-38-36-33(25)34-29(19-12-22-32(34)41-36)40(28-17-9-4-10-18-28)31-21-11-20-30(35(31)37)39(26-13-5-2-6-14-26)27-15-7-3-8-16-27;1-15-13-14-27-24-21(15)22-18(10-6-12-20(22)29-24)28(16-7-3-2-4-8-16)19-11-5-9-17(25)23(19)26;1-3-7-11(8-4-1)13-12-9-5-2-6-10-12/h2-24H,1H3;2-14H,1H3;1-10,13H/i2*1D3;. The van der Waals surface area contributed by atoms with Crippen LogP contribution in [0.1, 0.15) is 19.4 Å². The number of rotatable bonds is 11. The van der Waals surface area contributed by atoms with Gasteiger partial charge in [0, 0.05) is 54.7 Å². The molecule has 4 heterocycles. The van der Waals surface area contributed by atoms with Crippen LogP contribution in [-0.2, 0) is 0 Å². The molecule has 0 bridgehead atoms. The monoisotopic (exact) mass is 1140 g/mol. The predicted molar refractivity (Wildman–Crippen MR) is 348 cm³/mol. The third-order valence-corrected chi connectivity index (χ3v) is 14.9. The van der Waals surface area contributed by atoms with Crippen molar-refractivity contribution < 1.29 is 17.1 Å². The first-order chi connectivity index (χ1) is 43.2. The lowest BCUT2D eigenvalue weighted by atomic mass is 10.1. The maximum Gasteiger partial charge on any atom is 0.227 e. The molecule has 0 aliphatic carbocycles. The summed E-state index contributed by atoms with van der Waals surface area (Å²) in [5, 5.41) is 6.83. The normalized spacial score (nSPS) is 12.3. The molecule has 0 aliphatic heterocycles. The summed E-state index contributed by atoms with van der Waals surface area (Å²) in [5.74, 6) is 0. The Hall–Kier alpha value is -9.83. The topological polar surface area (TPSA) is 73.8 Å². The molecule has 83 heavy (non-hydrogen) atoms. The minimum Gasteiger partial charge on any atom is -0.438 e. The SMILES string of the molecule is [2H]C([2H])([2H])c1ccnc2oc3cccc(N(c4ccccc4)c4cccc(Cl)c4Cl)c3c12.[2H]C([2H])([2H])c1ccnc2oc3cccc(N(c4ccccc4)c4cccc(N(c5ccccc5)c5ccccc5)c4Cl)c3c12.c1ccc(Nc2ccccc2)cc1. The molecule has 1 N–H and O–H groups in total. The zero-order valence-corrected chi connectivity index (χ0v) is 46.5. The highest BCUT2D eigenvalue weighted by atomic mass is 35.5. The van der Waals surface area contributed by atoms with Gasteiger partial charge in [-0.15, -0.1) is 0 Å². The number of furan rings is 2. The number of hydrogen-bond acceptors (Lipinski definition) is 8. The van der Waals surface area contributed by atoms with Crippen LogP contribution in [-0.4, -0.2) is 9.97 Å². The smallest absolute Gasteiger partial charge is 0.227 e. The Morgan fingerprint density at radius 1 is 0.337 bits per heavy atom. The number of benzene rings is 10. The summed E-state index contributed by atoms with van der Waals surface area (Å²) in [5.41, 5.74) is 11.4. The molecule has 0 radical (unpaired) electrons. The number of hydrogen-bond donors (Lipinski definition) is 1. The fraction of sp³-hybridized carbons (Fsp3) is 0.0278. The van der Waals surface area contributed by atoms with Gasteiger partial charge < -0.3 is 28.9 Å². The number of fused-ring (bicyclic) bond motifs is 6. The van der Waals surface area contributed by atoms with Gasteiger partial charge in [-0.2, -0.15) is 0 Å². The summed E-state index contributed by atoms with van der Waals surface area (Å²) in [4.78, 5) is 14.8. The summed E-state index contributed by atoms with van der Waals surface area (Å²) >= 11 is 20.4. The van der Waals surface area contributed by atoms with E-state index in [-0.39, 0.29) is 22.6 Å². The van der Waals surface area contributed by atoms with Gasteiger partial charge in [-0.1, -0.05) is 168 Å². The molecule has 404 valence electrons. The fourth-order valence-corrected chi connectivity index (χ4v) is 10.8. The molecule has 0 aliphatic rings. The fourth-order valence-electron chi connectivity index (χ4n) is 10.1. The first-order valence-electron chi connectivity index (χ1n) is 29.5. The van der Waals surface area contributed by atoms with Gasteiger partial charge in [0.25, 0.3) is 0 Å². The van der Waals surface area contributed by atoms with Crippen molar-refractivity contribution >= 4 is 142 Å². The van der Waals surface area contributed by atoms with Gasteiger partial charge in [0.1, 0.15) is 11.2 Å². The summed E-state index contributed by atoms with van der Waals surface area (Å²) in [6.45, 7) is -4.71. The van der Waals surface area contributed by atoms with E-state index in [2.05, 4.69) is 20.2 Å². The Morgan fingerprint density at radius 2 is 0.675 bits per heavy atom. The second kappa shape index (κ2) is 24.5. The zero-order chi connectivity index (χ0) is 61.7. The molecule has 4 aromatic heterocycles. The molecule has 0 spiro atoms. The highest BCUT2D eigenvalue weighted by Crippen LogP contribution is 2.50. The van der Waals surface area contributed by atoms with Crippen LogP contribution in [0, 0.1) is 13.7 Å². The minimum absolute atomic E-state index is 0.180. The number of halogens is 3. The molecular weight excluding hydrogens is 1090 g/mol. The second-order valence-electron chi connectivity index (χ2n) is 19.0. The van der Waals surface area contributed by atoms with E-state index < -0.39 is 13.7 Å². The van der Waals surface area contributed by atoms with E-state index >= 15 is 0 Å². The zero-order valence-electron chi connectivity index (χ0n) is 50.2. The molecule has 14 rings (SSSR count). The minimum atomic E-state index is -2.37. The number of pyridine rings is 2. The van der Waals surface area contributed by atoms with Crippen LogP contribution in [0.25, 0.3) is 44.1 Å². The van der Waals surface area contributed by atoms with E-state index in [4.69, 9.17) is 51.9 Å². The highest BCUT2D eigenvalue weighted by Gasteiger charge is 2.26. The van der Waals surface area contributed by atoms with E-state index in [1.807, 2.05) is 252 Å². The average molecular weight is 1150 g/mol. The lowest BCUT2D eigenvalue weighted by Gasteiger charge is -2.31. The number of para-hydroxylation sites is 6. The molecule has 11 heteroatoms. The molecular formula is C72H53Cl3N6O2. The van der Waals surface area contributed by atoms with Crippen molar-refractivity contribution in [3.05, 3.63) is 306 Å². The van der Waals surface area contributed by atoms with Crippen LogP contribution in [0.5, 0.6) is 0 Å². The van der Waals surface area contributed by atoms with Crippen LogP contribution in [0.3, 0.4) is 0 Å².